The van der Waals surface area contributed by atoms with Crippen molar-refractivity contribution in [1.82, 2.24) is 19.9 Å². The van der Waals surface area contributed by atoms with Crippen LogP contribution in [0.1, 0.15) is 26.3 Å². The Kier molecular flexibility index (Phi) is 7.33. The molecule has 1 heterocycles. The molecule has 0 aliphatic rings. The molecular weight excluding hydrogens is 554 g/mol. The first-order valence-electron chi connectivity index (χ1n) is 10.0. The van der Waals surface area contributed by atoms with Crippen LogP contribution in [0.25, 0.3) is 11.1 Å². The summed E-state index contributed by atoms with van der Waals surface area (Å²) >= 11 is 6.18. The summed E-state index contributed by atoms with van der Waals surface area (Å²) in [6.45, 7) is 4.26. The second-order valence-electron chi connectivity index (χ2n) is 8.61. The fraction of sp³-hybridized carbons (Fsp3) is 0.300. The molecule has 17 heteroatoms. The van der Waals surface area contributed by atoms with E-state index in [4.69, 9.17) is 17.3 Å². The maximum atomic E-state index is 14.0. The summed E-state index contributed by atoms with van der Waals surface area (Å²) in [6.07, 6.45) is -10.3. The number of nitrogen functional groups attached to an aromatic ring is 1. The number of hydrogen-bond donors (Lipinski definition) is 4. The first-order chi connectivity index (χ1) is 16.7. The number of anilines is 3. The highest BCUT2D eigenvalue weighted by Crippen LogP contribution is 2.45. The van der Waals surface area contributed by atoms with Crippen LogP contribution in [0.5, 0.6) is 5.75 Å². The monoisotopic (exact) mass is 572 g/mol. The third kappa shape index (κ3) is 7.17. The van der Waals surface area contributed by atoms with Crippen molar-refractivity contribution in [3.05, 3.63) is 40.9 Å². The zero-order valence-electron chi connectivity index (χ0n) is 19.1. The van der Waals surface area contributed by atoms with Gasteiger partial charge in [0.25, 0.3) is 0 Å². The van der Waals surface area contributed by atoms with Gasteiger partial charge in [0, 0.05) is 16.8 Å². The molecule has 0 bridgehead atoms. The summed E-state index contributed by atoms with van der Waals surface area (Å²) < 4.78 is 113. The Balaban J connectivity index is 2.22. The van der Waals surface area contributed by atoms with Gasteiger partial charge in [0.1, 0.15) is 10.6 Å². The standard InChI is InChI=1S/C20H19ClF6N6O3S/c1-18(2,3)33-37(34,35)14-6-9(4-5-13(14)36-20(25,26)27)15-11(19(22,23)24)7-10(8-12(15)21)29-17-30-16(28)31-32-17/h4-8,33H,1-3H3,(H4,28,29,30,31,32). The van der Waals surface area contributed by atoms with Crippen LogP contribution in [0.2, 0.25) is 5.02 Å². The first-order valence-corrected chi connectivity index (χ1v) is 11.9. The zero-order chi connectivity index (χ0) is 28.0. The molecule has 1 aromatic heterocycles. The Hall–Kier alpha value is -3.24. The van der Waals surface area contributed by atoms with Gasteiger partial charge in [0.2, 0.25) is 21.9 Å². The SMILES string of the molecule is CC(C)(C)NS(=O)(=O)c1cc(-c2c(Cl)cc(Nc3n[nH]c(N)n3)cc2C(F)(F)F)ccc1OC(F)(F)F. The van der Waals surface area contributed by atoms with Gasteiger partial charge in [-0.25, -0.2) is 18.2 Å². The number of sulfonamides is 1. The molecule has 0 unspecified atom stereocenters. The highest BCUT2D eigenvalue weighted by molar-refractivity contribution is 7.89. The maximum absolute atomic E-state index is 14.0. The molecule has 0 radical (unpaired) electrons. The lowest BCUT2D eigenvalue weighted by molar-refractivity contribution is -0.275. The van der Waals surface area contributed by atoms with E-state index in [1.807, 2.05) is 0 Å². The Labute approximate surface area is 211 Å². The minimum absolute atomic E-state index is 0.111. The lowest BCUT2D eigenvalue weighted by atomic mass is 9.98. The molecule has 0 aliphatic carbocycles. The van der Waals surface area contributed by atoms with Crippen molar-refractivity contribution in [1.29, 1.82) is 0 Å². The summed E-state index contributed by atoms with van der Waals surface area (Å²) in [4.78, 5) is 2.67. The molecule has 0 saturated heterocycles. The number of ether oxygens (including phenoxy) is 1. The number of nitrogens with zero attached hydrogens (tertiary/aromatic N) is 2. The van der Waals surface area contributed by atoms with Crippen LogP contribution in [-0.4, -0.2) is 35.5 Å². The van der Waals surface area contributed by atoms with Crippen molar-refractivity contribution in [2.75, 3.05) is 11.1 Å². The van der Waals surface area contributed by atoms with E-state index in [1.54, 1.807) is 0 Å². The molecule has 0 aliphatic heterocycles. The second kappa shape index (κ2) is 9.57. The molecule has 0 saturated carbocycles. The lowest BCUT2D eigenvalue weighted by Crippen LogP contribution is -2.40. The van der Waals surface area contributed by atoms with Crippen LogP contribution in [0.3, 0.4) is 0 Å². The molecule has 3 aromatic rings. The Morgan fingerprint density at radius 1 is 1.05 bits per heavy atom. The van der Waals surface area contributed by atoms with Crippen LogP contribution in [0.15, 0.2) is 35.2 Å². The van der Waals surface area contributed by atoms with Gasteiger partial charge >= 0.3 is 12.5 Å². The summed E-state index contributed by atoms with van der Waals surface area (Å²) in [5, 5.41) is 7.91. The highest BCUT2D eigenvalue weighted by Gasteiger charge is 2.38. The van der Waals surface area contributed by atoms with E-state index in [2.05, 4.69) is 30.0 Å². The minimum Gasteiger partial charge on any atom is -0.404 e. The third-order valence-corrected chi connectivity index (χ3v) is 6.42. The quantitative estimate of drug-likeness (QED) is 0.289. The van der Waals surface area contributed by atoms with Crippen molar-refractivity contribution in [3.8, 4) is 16.9 Å². The van der Waals surface area contributed by atoms with Crippen molar-refractivity contribution in [3.63, 3.8) is 0 Å². The van der Waals surface area contributed by atoms with E-state index in [0.717, 1.165) is 12.1 Å². The van der Waals surface area contributed by atoms with Gasteiger partial charge in [0.05, 0.1) is 10.6 Å². The van der Waals surface area contributed by atoms with Crippen molar-refractivity contribution >= 4 is 39.2 Å². The summed E-state index contributed by atoms with van der Waals surface area (Å²) in [5.74, 6) is -1.41. The zero-order valence-corrected chi connectivity index (χ0v) is 20.7. The molecule has 5 N–H and O–H groups in total. The highest BCUT2D eigenvalue weighted by atomic mass is 35.5. The topological polar surface area (TPSA) is 135 Å². The predicted molar refractivity (Wildman–Crippen MR) is 123 cm³/mol. The number of alkyl halides is 6. The Morgan fingerprint density at radius 3 is 2.22 bits per heavy atom. The molecule has 3 rings (SSSR count). The minimum atomic E-state index is -5.28. The van der Waals surface area contributed by atoms with Crippen molar-refractivity contribution < 1.29 is 39.5 Å². The fourth-order valence-corrected chi connectivity index (χ4v) is 5.10. The second-order valence-corrected chi connectivity index (χ2v) is 10.7. The molecule has 0 atom stereocenters. The molecule has 37 heavy (non-hydrogen) atoms. The molecule has 0 amide bonds. The van der Waals surface area contributed by atoms with Crippen molar-refractivity contribution in [2.24, 2.45) is 0 Å². The van der Waals surface area contributed by atoms with Gasteiger partial charge in [-0.2, -0.15) is 18.2 Å². The molecule has 202 valence electrons. The number of aromatic amines is 1. The fourth-order valence-electron chi connectivity index (χ4n) is 3.20. The van der Waals surface area contributed by atoms with E-state index < -0.39 is 60.5 Å². The number of benzene rings is 2. The third-order valence-electron chi connectivity index (χ3n) is 4.34. The first kappa shape index (κ1) is 28.3. The van der Waals surface area contributed by atoms with Gasteiger partial charge in [-0.05, 0) is 50.6 Å². The smallest absolute Gasteiger partial charge is 0.404 e. The number of nitrogens with one attached hydrogen (secondary N) is 3. The van der Waals surface area contributed by atoms with Gasteiger partial charge < -0.3 is 15.8 Å². The van der Waals surface area contributed by atoms with Crippen LogP contribution >= 0.6 is 11.6 Å². The van der Waals surface area contributed by atoms with E-state index >= 15 is 0 Å². The number of H-pyrrole nitrogens is 1. The number of halogens is 7. The molecule has 0 spiro atoms. The Morgan fingerprint density at radius 2 is 1.70 bits per heavy atom. The normalized spacial score (nSPS) is 13.0. The van der Waals surface area contributed by atoms with Crippen LogP contribution in [-0.2, 0) is 16.2 Å². The lowest BCUT2D eigenvalue weighted by Gasteiger charge is -2.23. The van der Waals surface area contributed by atoms with Gasteiger partial charge in [-0.15, -0.1) is 18.3 Å². The van der Waals surface area contributed by atoms with Gasteiger partial charge in [-0.1, -0.05) is 17.7 Å². The van der Waals surface area contributed by atoms with Crippen molar-refractivity contribution in [2.45, 2.75) is 43.7 Å². The van der Waals surface area contributed by atoms with Crippen LogP contribution in [0, 0.1) is 0 Å². The number of aromatic nitrogens is 3. The summed E-state index contributed by atoms with van der Waals surface area (Å²) in [5.41, 5.74) is 1.62. The Bertz CT molecular complexity index is 1420. The summed E-state index contributed by atoms with van der Waals surface area (Å²) in [7, 11) is -4.70. The predicted octanol–water partition coefficient (Wildman–Crippen LogP) is 5.45. The average Bonchev–Trinajstić information content (AvgIpc) is 3.09. The number of rotatable bonds is 6. The molecule has 0 fully saturated rings. The molecule has 9 nitrogen and oxygen atoms in total. The summed E-state index contributed by atoms with van der Waals surface area (Å²) in [6, 6.07) is 3.76. The van der Waals surface area contributed by atoms with Crippen LogP contribution in [0.4, 0.5) is 43.9 Å². The van der Waals surface area contributed by atoms with E-state index in [1.165, 1.54) is 20.8 Å². The number of nitrogens with two attached hydrogens (primary N) is 1. The van der Waals surface area contributed by atoms with Crippen LogP contribution < -0.4 is 20.5 Å². The van der Waals surface area contributed by atoms with Gasteiger partial charge in [-0.3, -0.25) is 0 Å². The largest absolute Gasteiger partial charge is 0.573 e. The van der Waals surface area contributed by atoms with E-state index in [0.29, 0.717) is 18.2 Å². The average molecular weight is 573 g/mol. The number of hydrogen-bond acceptors (Lipinski definition) is 7. The van der Waals surface area contributed by atoms with E-state index in [-0.39, 0.29) is 17.6 Å². The maximum Gasteiger partial charge on any atom is 0.573 e. The molecular formula is C20H19ClF6N6O3S. The molecule has 2 aromatic carbocycles. The van der Waals surface area contributed by atoms with E-state index in [9.17, 15) is 34.8 Å². The van der Waals surface area contributed by atoms with Gasteiger partial charge in [0.15, 0.2) is 0 Å².